The van der Waals surface area contributed by atoms with E-state index in [0.717, 1.165) is 18.4 Å². The van der Waals surface area contributed by atoms with Gasteiger partial charge >= 0.3 is 5.97 Å². The Kier molecular flexibility index (Phi) is 20.8. The second-order valence-corrected chi connectivity index (χ2v) is 20.4. The van der Waals surface area contributed by atoms with Gasteiger partial charge in [0.1, 0.15) is 24.6 Å². The van der Waals surface area contributed by atoms with Gasteiger partial charge in [0.05, 0.1) is 30.5 Å². The average molecular weight is 966 g/mol. The summed E-state index contributed by atoms with van der Waals surface area (Å²) >= 11 is 0. The van der Waals surface area contributed by atoms with Crippen molar-refractivity contribution in [2.24, 2.45) is 35.5 Å². The van der Waals surface area contributed by atoms with Crippen LogP contribution in [0, 0.1) is 35.5 Å². The molecule has 384 valence electrons. The third-order valence-electron chi connectivity index (χ3n) is 15.2. The van der Waals surface area contributed by atoms with Gasteiger partial charge in [-0.05, 0) is 117 Å². The van der Waals surface area contributed by atoms with Crippen LogP contribution in [-0.2, 0) is 47.7 Å². The van der Waals surface area contributed by atoms with E-state index in [9.17, 15) is 34.2 Å². The first-order valence-corrected chi connectivity index (χ1v) is 25.0. The molecule has 1 aromatic rings. The minimum absolute atomic E-state index is 0.0197. The Labute approximate surface area is 408 Å². The minimum Gasteiger partial charge on any atom is -0.460 e. The first kappa shape index (κ1) is 55.7. The van der Waals surface area contributed by atoms with Crippen molar-refractivity contribution in [2.45, 2.75) is 180 Å². The summed E-state index contributed by atoms with van der Waals surface area (Å²) < 4.78 is 31.6. The lowest BCUT2D eigenvalue weighted by Crippen LogP contribution is -2.61. The summed E-state index contributed by atoms with van der Waals surface area (Å²) in [5, 5.41) is 35.2. The Morgan fingerprint density at radius 2 is 1.65 bits per heavy atom. The molecule has 2 bridgehead atoms. The highest BCUT2D eigenvalue weighted by Gasteiger charge is 2.53. The van der Waals surface area contributed by atoms with Gasteiger partial charge in [0.2, 0.25) is 5.79 Å². The predicted molar refractivity (Wildman–Crippen MR) is 256 cm³/mol. The second-order valence-electron chi connectivity index (χ2n) is 20.4. The molecule has 69 heavy (non-hydrogen) atoms. The molecular formula is C52H79N5O12. The SMILES string of the molecule is COC1C(=O)C(C)C[C@H](C)C=CC=CC=C(C)[C@@H](OC)C[C@@H]2CC[C@@H](C)[C@@](O)(O2)C(=O)C(=O)N2CCCC[C@H]2C(=O)O[C@H]([C@H](C)CC2CC[C@H](n3cnnn3)C(OC)C2)CC(=O)C(C)=CC(C)[C@H]1O. The van der Waals surface area contributed by atoms with Crippen LogP contribution in [0.15, 0.2) is 53.9 Å². The van der Waals surface area contributed by atoms with Crippen LogP contribution in [-0.4, -0.2) is 141 Å². The summed E-state index contributed by atoms with van der Waals surface area (Å²) in [6, 6.07) is -1.20. The molecule has 1 amide bonds. The molecule has 0 spiro atoms. The molecule has 17 heteroatoms. The monoisotopic (exact) mass is 966 g/mol. The van der Waals surface area contributed by atoms with E-state index in [-0.39, 0.29) is 60.9 Å². The maximum absolute atomic E-state index is 14.5. The number of fused-ring (bicyclic) bond motifs is 3. The van der Waals surface area contributed by atoms with Crippen molar-refractivity contribution >= 4 is 29.2 Å². The lowest BCUT2D eigenvalue weighted by Gasteiger charge is -2.42. The number of nitrogens with zero attached hydrogens (tertiary/aromatic N) is 5. The maximum Gasteiger partial charge on any atom is 0.329 e. The average Bonchev–Trinajstić information content (AvgIpc) is 3.88. The van der Waals surface area contributed by atoms with Gasteiger partial charge in [-0.3, -0.25) is 19.2 Å². The quantitative estimate of drug-likeness (QED) is 0.235. The zero-order chi connectivity index (χ0) is 50.6. The van der Waals surface area contributed by atoms with Gasteiger partial charge in [-0.25, -0.2) is 9.48 Å². The lowest BCUT2D eigenvalue weighted by atomic mass is 9.77. The predicted octanol–water partition coefficient (Wildman–Crippen LogP) is 6.05. The van der Waals surface area contributed by atoms with Crippen molar-refractivity contribution in [1.82, 2.24) is 25.1 Å². The van der Waals surface area contributed by atoms with E-state index in [2.05, 4.69) is 15.5 Å². The number of aromatic nitrogens is 4. The number of Topliss-reactive ketones (excluding diaryl/α,β-unsaturated/α-hetero) is 3. The van der Waals surface area contributed by atoms with E-state index in [1.165, 1.54) is 12.0 Å². The van der Waals surface area contributed by atoms with Gasteiger partial charge in [0, 0.05) is 58.5 Å². The summed E-state index contributed by atoms with van der Waals surface area (Å²) in [5.74, 6) is -7.89. The molecule has 1 aliphatic carbocycles. The first-order chi connectivity index (χ1) is 32.8. The Balaban J connectivity index is 1.46. The number of hydrogen-bond acceptors (Lipinski definition) is 15. The van der Waals surface area contributed by atoms with Gasteiger partial charge in [-0.2, -0.15) is 0 Å². The van der Waals surface area contributed by atoms with Crippen molar-refractivity contribution in [3.8, 4) is 0 Å². The molecule has 4 aliphatic rings. The third kappa shape index (κ3) is 14.2. The molecular weight excluding hydrogens is 887 g/mol. The van der Waals surface area contributed by atoms with Crippen LogP contribution >= 0.6 is 0 Å². The molecule has 2 saturated heterocycles. The van der Waals surface area contributed by atoms with Crippen LogP contribution in [0.3, 0.4) is 0 Å². The number of methoxy groups -OCH3 is 3. The van der Waals surface area contributed by atoms with Crippen LogP contribution < -0.4 is 0 Å². The fraction of sp³-hybridized carbons (Fsp3) is 0.731. The molecule has 0 radical (unpaired) electrons. The molecule has 3 aliphatic heterocycles. The van der Waals surface area contributed by atoms with Gasteiger partial charge in [-0.1, -0.05) is 71.1 Å². The standard InChI is InChI=1S/C52H79N5O12/c1-31-16-12-11-13-17-32(2)43(65-8)28-39-21-19-37(7)52(64,69-39)49(61)50(62)56-23-15-14-18-41(56)51(63)68-44(34(4)26-38-20-22-40(45(27-38)66-9)57-30-53-54-55-57)29-42(58)33(3)25-36(6)47(60)48(67-10)46(59)35(5)24-31/h11-13,16-17,25,30-31,34-41,43-45,47-48,60,64H,14-15,18-24,26-29H2,1-10H3/t31-,34-,35?,36?,37-,38?,39+,40+,41+,43+,44+,45?,47-,48?,52-/m1/s1. The van der Waals surface area contributed by atoms with E-state index >= 15 is 0 Å². The minimum atomic E-state index is -2.43. The number of allylic oxidation sites excluding steroid dienone is 6. The van der Waals surface area contributed by atoms with E-state index in [1.807, 2.05) is 58.1 Å². The van der Waals surface area contributed by atoms with E-state index in [0.29, 0.717) is 56.9 Å². The smallest absolute Gasteiger partial charge is 0.329 e. The van der Waals surface area contributed by atoms with Gasteiger partial charge in [0.25, 0.3) is 11.7 Å². The summed E-state index contributed by atoms with van der Waals surface area (Å²) in [6.07, 6.45) is 14.0. The van der Waals surface area contributed by atoms with Crippen LogP contribution in [0.1, 0.15) is 132 Å². The number of carbonyl (C=O) groups excluding carboxylic acids is 5. The summed E-state index contributed by atoms with van der Waals surface area (Å²) in [5.41, 5.74) is 1.20. The third-order valence-corrected chi connectivity index (χ3v) is 15.2. The lowest BCUT2D eigenvalue weighted by molar-refractivity contribution is -0.265. The van der Waals surface area contributed by atoms with Crippen LogP contribution in [0.5, 0.6) is 0 Å². The van der Waals surface area contributed by atoms with Crippen molar-refractivity contribution in [2.75, 3.05) is 27.9 Å². The fourth-order valence-corrected chi connectivity index (χ4v) is 10.8. The number of ether oxygens (including phenoxy) is 5. The number of rotatable bonds is 7. The van der Waals surface area contributed by atoms with E-state index in [1.54, 1.807) is 52.1 Å². The maximum atomic E-state index is 14.5. The molecule has 4 heterocycles. The molecule has 1 aromatic heterocycles. The van der Waals surface area contributed by atoms with E-state index < -0.39 is 77.8 Å². The van der Waals surface area contributed by atoms with Gasteiger partial charge in [-0.15, -0.1) is 5.10 Å². The second kappa shape index (κ2) is 25.7. The number of carbonyl (C=O) groups is 5. The Bertz CT molecular complexity index is 2020. The molecule has 1 saturated carbocycles. The molecule has 5 rings (SSSR count). The number of hydrogen-bond donors (Lipinski definition) is 2. The number of piperidine rings is 1. The zero-order valence-corrected chi connectivity index (χ0v) is 42.5. The summed E-state index contributed by atoms with van der Waals surface area (Å²) in [4.78, 5) is 72.3. The molecule has 15 atom stereocenters. The number of ketones is 3. The number of aliphatic hydroxyl groups excluding tert-OH is 1. The molecule has 5 unspecified atom stereocenters. The highest BCUT2D eigenvalue weighted by molar-refractivity contribution is 6.39. The highest BCUT2D eigenvalue weighted by atomic mass is 16.6. The van der Waals surface area contributed by atoms with E-state index in [4.69, 9.17) is 23.7 Å². The fourth-order valence-electron chi connectivity index (χ4n) is 10.8. The van der Waals surface area contributed by atoms with Crippen LogP contribution in [0.25, 0.3) is 0 Å². The first-order valence-electron chi connectivity index (χ1n) is 25.0. The number of esters is 1. The molecule has 0 aromatic carbocycles. The van der Waals surface area contributed by atoms with Crippen LogP contribution in [0.2, 0.25) is 0 Å². The Hall–Kier alpha value is -4.26. The molecule has 3 fully saturated rings. The van der Waals surface area contributed by atoms with Crippen LogP contribution in [0.4, 0.5) is 0 Å². The summed E-state index contributed by atoms with van der Waals surface area (Å²) in [6.45, 7) is 12.8. The van der Waals surface area contributed by atoms with Crippen molar-refractivity contribution in [3.63, 3.8) is 0 Å². The highest BCUT2D eigenvalue weighted by Crippen LogP contribution is 2.39. The number of amides is 1. The number of cyclic esters (lactones) is 1. The normalized spacial score (nSPS) is 36.3. The zero-order valence-electron chi connectivity index (χ0n) is 42.5. The molecule has 2 N–H and O–H groups in total. The Morgan fingerprint density at radius 3 is 2.33 bits per heavy atom. The number of aliphatic hydroxyl groups is 2. The van der Waals surface area contributed by atoms with Crippen molar-refractivity contribution in [3.05, 3.63) is 53.9 Å². The largest absolute Gasteiger partial charge is 0.460 e. The topological polar surface area (TPSA) is 219 Å². The summed E-state index contributed by atoms with van der Waals surface area (Å²) in [7, 11) is 4.63. The number of tetrazole rings is 1. The molecule has 17 nitrogen and oxygen atoms in total. The van der Waals surface area contributed by atoms with Crippen molar-refractivity contribution in [1.29, 1.82) is 0 Å². The Morgan fingerprint density at radius 1 is 0.899 bits per heavy atom. The van der Waals surface area contributed by atoms with Crippen molar-refractivity contribution < 1.29 is 57.9 Å². The van der Waals surface area contributed by atoms with Gasteiger partial charge < -0.3 is 38.8 Å². The van der Waals surface area contributed by atoms with Gasteiger partial charge in [0.15, 0.2) is 11.6 Å².